The van der Waals surface area contributed by atoms with Gasteiger partial charge < -0.3 is 11.1 Å². The second kappa shape index (κ2) is 4.94. The summed E-state index contributed by atoms with van der Waals surface area (Å²) < 4.78 is 0. The Bertz CT molecular complexity index is 780. The summed E-state index contributed by atoms with van der Waals surface area (Å²) in [5.41, 5.74) is 8.20. The number of rotatable bonds is 2. The molecule has 0 bridgehead atoms. The van der Waals surface area contributed by atoms with Gasteiger partial charge in [-0.3, -0.25) is 4.79 Å². The van der Waals surface area contributed by atoms with Crippen molar-refractivity contribution in [3.63, 3.8) is 0 Å². The molecule has 5 heteroatoms. The first-order chi connectivity index (χ1) is 9.65. The van der Waals surface area contributed by atoms with Crippen LogP contribution in [-0.4, -0.2) is 10.9 Å². The van der Waals surface area contributed by atoms with Crippen molar-refractivity contribution in [2.24, 2.45) is 0 Å². The first kappa shape index (κ1) is 12.6. The molecule has 0 aliphatic carbocycles. The average molecular weight is 283 g/mol. The van der Waals surface area contributed by atoms with Crippen LogP contribution in [0.5, 0.6) is 0 Å². The number of nitrogens with two attached hydrogens (primary N) is 1. The molecular formula is C15H13N3OS. The molecule has 0 saturated heterocycles. The van der Waals surface area contributed by atoms with E-state index in [4.69, 9.17) is 5.73 Å². The molecule has 20 heavy (non-hydrogen) atoms. The van der Waals surface area contributed by atoms with Crippen LogP contribution in [0.3, 0.4) is 0 Å². The van der Waals surface area contributed by atoms with Crippen molar-refractivity contribution in [2.75, 3.05) is 11.1 Å². The van der Waals surface area contributed by atoms with E-state index in [0.717, 1.165) is 21.6 Å². The van der Waals surface area contributed by atoms with E-state index in [0.29, 0.717) is 10.6 Å². The minimum absolute atomic E-state index is 0.200. The Balaban J connectivity index is 1.97. The molecule has 0 fully saturated rings. The molecule has 0 aliphatic heterocycles. The van der Waals surface area contributed by atoms with Gasteiger partial charge in [0.15, 0.2) is 0 Å². The van der Waals surface area contributed by atoms with Crippen molar-refractivity contribution in [1.82, 2.24) is 4.98 Å². The highest BCUT2D eigenvalue weighted by molar-refractivity contribution is 7.21. The number of hydrogen-bond acceptors (Lipinski definition) is 4. The first-order valence-electron chi connectivity index (χ1n) is 6.17. The predicted molar refractivity (Wildman–Crippen MR) is 83.2 cm³/mol. The number of anilines is 2. The fourth-order valence-electron chi connectivity index (χ4n) is 1.97. The van der Waals surface area contributed by atoms with Crippen LogP contribution >= 0.6 is 11.3 Å². The number of nitrogen functional groups attached to an aromatic ring is 1. The molecule has 0 radical (unpaired) electrons. The molecule has 3 rings (SSSR count). The van der Waals surface area contributed by atoms with Crippen LogP contribution in [0, 0.1) is 6.92 Å². The third kappa shape index (κ3) is 2.23. The maximum atomic E-state index is 12.3. The fourth-order valence-corrected chi connectivity index (χ4v) is 3.00. The molecule has 2 aromatic heterocycles. The number of para-hydroxylation sites is 1. The summed E-state index contributed by atoms with van der Waals surface area (Å²) in [5.74, 6) is -0.200. The van der Waals surface area contributed by atoms with Crippen molar-refractivity contribution >= 4 is 38.8 Å². The molecule has 3 N–H and O–H groups in total. The van der Waals surface area contributed by atoms with Gasteiger partial charge >= 0.3 is 0 Å². The molecule has 0 spiro atoms. The van der Waals surface area contributed by atoms with E-state index in [1.807, 2.05) is 49.4 Å². The van der Waals surface area contributed by atoms with Gasteiger partial charge in [-0.2, -0.15) is 0 Å². The largest absolute Gasteiger partial charge is 0.397 e. The lowest BCUT2D eigenvalue weighted by Gasteiger charge is -2.03. The maximum absolute atomic E-state index is 12.3. The maximum Gasteiger partial charge on any atom is 0.267 e. The van der Waals surface area contributed by atoms with E-state index >= 15 is 0 Å². The van der Waals surface area contributed by atoms with Crippen molar-refractivity contribution in [1.29, 1.82) is 0 Å². The Morgan fingerprint density at radius 2 is 1.95 bits per heavy atom. The topological polar surface area (TPSA) is 68.0 Å². The minimum Gasteiger partial charge on any atom is -0.397 e. The van der Waals surface area contributed by atoms with Gasteiger partial charge in [0, 0.05) is 16.8 Å². The van der Waals surface area contributed by atoms with Gasteiger partial charge in [-0.05, 0) is 31.2 Å². The normalized spacial score (nSPS) is 10.7. The highest BCUT2D eigenvalue weighted by Gasteiger charge is 2.17. The molecule has 3 aromatic rings. The van der Waals surface area contributed by atoms with Crippen molar-refractivity contribution in [3.05, 3.63) is 53.0 Å². The van der Waals surface area contributed by atoms with Crippen LogP contribution < -0.4 is 11.1 Å². The number of nitrogens with zero attached hydrogens (tertiary/aromatic N) is 1. The second-order valence-corrected chi connectivity index (χ2v) is 5.47. The third-order valence-electron chi connectivity index (χ3n) is 2.97. The van der Waals surface area contributed by atoms with Crippen LogP contribution in [-0.2, 0) is 0 Å². The van der Waals surface area contributed by atoms with Gasteiger partial charge in [0.1, 0.15) is 9.71 Å². The summed E-state index contributed by atoms with van der Waals surface area (Å²) in [7, 11) is 0. The molecule has 0 saturated carbocycles. The lowest BCUT2D eigenvalue weighted by molar-refractivity contribution is 0.103. The fraction of sp³-hybridized carbons (Fsp3) is 0.0667. The lowest BCUT2D eigenvalue weighted by Crippen LogP contribution is -2.11. The van der Waals surface area contributed by atoms with E-state index in [9.17, 15) is 4.79 Å². The number of carbonyl (C=O) groups is 1. The number of aryl methyl sites for hydroxylation is 1. The van der Waals surface area contributed by atoms with Crippen LogP contribution in [0.1, 0.15) is 15.4 Å². The molecule has 0 atom stereocenters. The molecule has 1 amide bonds. The zero-order valence-corrected chi connectivity index (χ0v) is 11.7. The number of thiophene rings is 1. The van der Waals surface area contributed by atoms with E-state index in [1.165, 1.54) is 11.3 Å². The highest BCUT2D eigenvalue weighted by Crippen LogP contribution is 2.32. The number of amides is 1. The van der Waals surface area contributed by atoms with Gasteiger partial charge in [0.2, 0.25) is 0 Å². The number of benzene rings is 1. The number of fused-ring (bicyclic) bond motifs is 1. The zero-order chi connectivity index (χ0) is 14.1. The molecular weight excluding hydrogens is 270 g/mol. The quantitative estimate of drug-likeness (QED) is 0.757. The molecule has 0 unspecified atom stereocenters. The van der Waals surface area contributed by atoms with Crippen molar-refractivity contribution in [3.8, 4) is 0 Å². The van der Waals surface area contributed by atoms with Gasteiger partial charge in [-0.15, -0.1) is 11.3 Å². The predicted octanol–water partition coefficient (Wildman–Crippen LogP) is 3.44. The van der Waals surface area contributed by atoms with E-state index in [2.05, 4.69) is 10.3 Å². The zero-order valence-electron chi connectivity index (χ0n) is 10.9. The van der Waals surface area contributed by atoms with Crippen molar-refractivity contribution in [2.45, 2.75) is 6.92 Å². The number of nitrogens with one attached hydrogen (secondary N) is 1. The average Bonchev–Trinajstić information content (AvgIpc) is 2.76. The smallest absolute Gasteiger partial charge is 0.267 e. The number of carbonyl (C=O) groups excluding carboxylic acids is 1. The summed E-state index contributed by atoms with van der Waals surface area (Å²) in [4.78, 5) is 18.0. The summed E-state index contributed by atoms with van der Waals surface area (Å²) >= 11 is 1.32. The number of aromatic nitrogens is 1. The van der Waals surface area contributed by atoms with E-state index < -0.39 is 0 Å². The Morgan fingerprint density at radius 1 is 1.20 bits per heavy atom. The standard InChI is InChI=1S/C15H13N3OS/c1-9-7-8-11-12(16)13(20-15(11)17-9)14(19)18-10-5-3-2-4-6-10/h2-8H,16H2,1H3,(H,18,19). The Hall–Kier alpha value is -2.40. The van der Waals surface area contributed by atoms with Gasteiger partial charge in [-0.25, -0.2) is 4.98 Å². The SMILES string of the molecule is Cc1ccc2c(N)c(C(=O)Nc3ccccc3)sc2n1. The summed E-state index contributed by atoms with van der Waals surface area (Å²) in [6.07, 6.45) is 0. The van der Waals surface area contributed by atoms with E-state index in [-0.39, 0.29) is 5.91 Å². The summed E-state index contributed by atoms with van der Waals surface area (Å²) in [6, 6.07) is 13.1. The third-order valence-corrected chi connectivity index (χ3v) is 4.08. The minimum atomic E-state index is -0.200. The Morgan fingerprint density at radius 3 is 2.70 bits per heavy atom. The summed E-state index contributed by atoms with van der Waals surface area (Å²) in [5, 5.41) is 3.67. The van der Waals surface area contributed by atoms with Crippen LogP contribution in [0.2, 0.25) is 0 Å². The molecule has 1 aromatic carbocycles. The highest BCUT2D eigenvalue weighted by atomic mass is 32.1. The number of pyridine rings is 1. The van der Waals surface area contributed by atoms with E-state index in [1.54, 1.807) is 0 Å². The first-order valence-corrected chi connectivity index (χ1v) is 6.99. The monoisotopic (exact) mass is 283 g/mol. The molecule has 0 aliphatic rings. The second-order valence-electron chi connectivity index (χ2n) is 4.47. The number of hydrogen-bond donors (Lipinski definition) is 2. The Labute approximate surface area is 120 Å². The van der Waals surface area contributed by atoms with Crippen LogP contribution in [0.15, 0.2) is 42.5 Å². The van der Waals surface area contributed by atoms with Gasteiger partial charge in [0.25, 0.3) is 5.91 Å². The molecule has 2 heterocycles. The lowest BCUT2D eigenvalue weighted by atomic mass is 10.2. The Kier molecular flexibility index (Phi) is 3.12. The van der Waals surface area contributed by atoms with Crippen LogP contribution in [0.4, 0.5) is 11.4 Å². The summed E-state index contributed by atoms with van der Waals surface area (Å²) in [6.45, 7) is 1.92. The van der Waals surface area contributed by atoms with Crippen molar-refractivity contribution < 1.29 is 4.79 Å². The van der Waals surface area contributed by atoms with Gasteiger partial charge in [-0.1, -0.05) is 18.2 Å². The van der Waals surface area contributed by atoms with Gasteiger partial charge in [0.05, 0.1) is 5.69 Å². The molecule has 100 valence electrons. The molecule has 4 nitrogen and oxygen atoms in total. The van der Waals surface area contributed by atoms with Crippen LogP contribution in [0.25, 0.3) is 10.2 Å².